The van der Waals surface area contributed by atoms with Crippen LogP contribution in [0.4, 0.5) is 5.82 Å². The lowest BCUT2D eigenvalue weighted by molar-refractivity contribution is 0.782. The summed E-state index contributed by atoms with van der Waals surface area (Å²) in [4.78, 5) is 0. The van der Waals surface area contributed by atoms with Gasteiger partial charge in [-0.25, -0.2) is 0 Å². The Kier molecular flexibility index (Phi) is 2.88. The summed E-state index contributed by atoms with van der Waals surface area (Å²) in [6.07, 6.45) is 0.947. The van der Waals surface area contributed by atoms with Gasteiger partial charge >= 0.3 is 0 Å². The maximum atomic E-state index is 6.00. The second-order valence-corrected chi connectivity index (χ2v) is 4.17. The molecule has 0 aliphatic rings. The molecule has 2 aromatic rings. The zero-order valence-corrected chi connectivity index (χ0v) is 10.1. The summed E-state index contributed by atoms with van der Waals surface area (Å²) < 4.78 is 1.66. The standard InChI is InChI=1S/C12H14ClN3/c1-3-8-4-5-9(13)6-10(8)11-7-12(14)16(2)15-11/h4-7H,3,14H2,1-2H3. The van der Waals surface area contributed by atoms with Crippen molar-refractivity contribution in [3.63, 3.8) is 0 Å². The fourth-order valence-electron chi connectivity index (χ4n) is 1.71. The largest absolute Gasteiger partial charge is 0.384 e. The van der Waals surface area contributed by atoms with Crippen LogP contribution in [0, 0.1) is 0 Å². The minimum absolute atomic E-state index is 0.650. The maximum absolute atomic E-state index is 6.00. The first-order chi connectivity index (χ1) is 7.61. The summed E-state index contributed by atoms with van der Waals surface area (Å²) >= 11 is 6.00. The van der Waals surface area contributed by atoms with Crippen molar-refractivity contribution in [2.75, 3.05) is 5.73 Å². The number of anilines is 1. The highest BCUT2D eigenvalue weighted by molar-refractivity contribution is 6.30. The first-order valence-electron chi connectivity index (χ1n) is 5.20. The highest BCUT2D eigenvalue weighted by Gasteiger charge is 2.09. The Morgan fingerprint density at radius 1 is 1.38 bits per heavy atom. The predicted molar refractivity (Wildman–Crippen MR) is 67.4 cm³/mol. The van der Waals surface area contributed by atoms with Crippen molar-refractivity contribution in [2.24, 2.45) is 7.05 Å². The Labute approximate surface area is 99.8 Å². The van der Waals surface area contributed by atoms with Gasteiger partial charge in [0.2, 0.25) is 0 Å². The molecule has 0 amide bonds. The number of nitrogens with zero attached hydrogens (tertiary/aromatic N) is 2. The van der Waals surface area contributed by atoms with Crippen molar-refractivity contribution in [3.05, 3.63) is 34.9 Å². The van der Waals surface area contributed by atoms with Gasteiger partial charge in [0.1, 0.15) is 5.82 Å². The number of aromatic nitrogens is 2. The second-order valence-electron chi connectivity index (χ2n) is 3.73. The predicted octanol–water partition coefficient (Wildman–Crippen LogP) is 2.89. The third kappa shape index (κ3) is 1.91. The zero-order valence-electron chi connectivity index (χ0n) is 9.37. The van der Waals surface area contributed by atoms with E-state index in [2.05, 4.69) is 12.0 Å². The van der Waals surface area contributed by atoms with Crippen molar-refractivity contribution in [2.45, 2.75) is 13.3 Å². The van der Waals surface area contributed by atoms with E-state index in [-0.39, 0.29) is 0 Å². The molecule has 1 aromatic heterocycles. The van der Waals surface area contributed by atoms with Crippen LogP contribution in [-0.2, 0) is 13.5 Å². The maximum Gasteiger partial charge on any atom is 0.121 e. The van der Waals surface area contributed by atoms with Crippen LogP contribution in [0.15, 0.2) is 24.3 Å². The van der Waals surface area contributed by atoms with E-state index in [0.717, 1.165) is 22.7 Å². The molecule has 4 heteroatoms. The lowest BCUT2D eigenvalue weighted by Gasteiger charge is -2.05. The van der Waals surface area contributed by atoms with Crippen LogP contribution in [0.2, 0.25) is 5.02 Å². The first kappa shape index (κ1) is 11.0. The number of nitrogens with two attached hydrogens (primary N) is 1. The van der Waals surface area contributed by atoms with E-state index >= 15 is 0 Å². The van der Waals surface area contributed by atoms with Gasteiger partial charge in [-0.1, -0.05) is 24.6 Å². The monoisotopic (exact) mass is 235 g/mol. The number of benzene rings is 1. The van der Waals surface area contributed by atoms with Gasteiger partial charge in [0.15, 0.2) is 0 Å². The van der Waals surface area contributed by atoms with Crippen molar-refractivity contribution in [1.29, 1.82) is 0 Å². The molecule has 0 saturated heterocycles. The Hall–Kier alpha value is -1.48. The van der Waals surface area contributed by atoms with E-state index in [0.29, 0.717) is 5.82 Å². The molecule has 0 unspecified atom stereocenters. The highest BCUT2D eigenvalue weighted by atomic mass is 35.5. The Morgan fingerprint density at radius 2 is 2.12 bits per heavy atom. The number of nitrogen functional groups attached to an aromatic ring is 1. The quantitative estimate of drug-likeness (QED) is 0.870. The van der Waals surface area contributed by atoms with Gasteiger partial charge in [-0.05, 0) is 24.1 Å². The molecule has 0 radical (unpaired) electrons. The molecule has 0 atom stereocenters. The summed E-state index contributed by atoms with van der Waals surface area (Å²) in [7, 11) is 1.83. The van der Waals surface area contributed by atoms with Gasteiger partial charge in [-0.2, -0.15) is 5.10 Å². The fourth-order valence-corrected chi connectivity index (χ4v) is 1.88. The summed E-state index contributed by atoms with van der Waals surface area (Å²) in [5, 5.41) is 5.08. The number of aryl methyl sites for hydroxylation is 2. The van der Waals surface area contributed by atoms with Crippen LogP contribution in [0.1, 0.15) is 12.5 Å². The molecule has 0 aliphatic carbocycles. The van der Waals surface area contributed by atoms with Crippen LogP contribution in [-0.4, -0.2) is 9.78 Å². The van der Waals surface area contributed by atoms with Gasteiger partial charge in [0.25, 0.3) is 0 Å². The average molecular weight is 236 g/mol. The Bertz CT molecular complexity index is 497. The van der Waals surface area contributed by atoms with E-state index < -0.39 is 0 Å². The topological polar surface area (TPSA) is 43.8 Å². The van der Waals surface area contributed by atoms with Crippen LogP contribution in [0.3, 0.4) is 0 Å². The molecule has 0 bridgehead atoms. The first-order valence-corrected chi connectivity index (χ1v) is 5.58. The van der Waals surface area contributed by atoms with Crippen LogP contribution in [0.25, 0.3) is 11.3 Å². The van der Waals surface area contributed by atoms with Gasteiger partial charge in [-0.15, -0.1) is 0 Å². The molecule has 0 aliphatic heterocycles. The average Bonchev–Trinajstić information content (AvgIpc) is 2.59. The minimum Gasteiger partial charge on any atom is -0.384 e. The van der Waals surface area contributed by atoms with Crippen molar-refractivity contribution < 1.29 is 0 Å². The summed E-state index contributed by atoms with van der Waals surface area (Å²) in [6, 6.07) is 7.73. The minimum atomic E-state index is 0.650. The van der Waals surface area contributed by atoms with E-state index in [1.807, 2.05) is 31.3 Å². The smallest absolute Gasteiger partial charge is 0.121 e. The molecule has 0 saturated carbocycles. The fraction of sp³-hybridized carbons (Fsp3) is 0.250. The van der Waals surface area contributed by atoms with Gasteiger partial charge in [0, 0.05) is 23.7 Å². The SMILES string of the molecule is CCc1ccc(Cl)cc1-c1cc(N)n(C)n1. The third-order valence-electron chi connectivity index (χ3n) is 2.64. The van der Waals surface area contributed by atoms with Crippen LogP contribution >= 0.6 is 11.6 Å². The van der Waals surface area contributed by atoms with E-state index in [1.54, 1.807) is 4.68 Å². The van der Waals surface area contributed by atoms with Crippen molar-refractivity contribution >= 4 is 17.4 Å². The molecule has 2 rings (SSSR count). The molecule has 0 spiro atoms. The molecule has 2 N–H and O–H groups in total. The van der Waals surface area contributed by atoms with Crippen LogP contribution in [0.5, 0.6) is 0 Å². The zero-order chi connectivity index (χ0) is 11.7. The van der Waals surface area contributed by atoms with E-state index in [1.165, 1.54) is 5.56 Å². The van der Waals surface area contributed by atoms with E-state index in [9.17, 15) is 0 Å². The molecular weight excluding hydrogens is 222 g/mol. The summed E-state index contributed by atoms with van der Waals surface area (Å²) in [5.74, 6) is 0.650. The molecule has 0 fully saturated rings. The Balaban J connectivity index is 2.57. The van der Waals surface area contributed by atoms with E-state index in [4.69, 9.17) is 17.3 Å². The van der Waals surface area contributed by atoms with Gasteiger partial charge in [-0.3, -0.25) is 4.68 Å². The number of hydrogen-bond donors (Lipinski definition) is 1. The lowest BCUT2D eigenvalue weighted by Crippen LogP contribution is -1.96. The third-order valence-corrected chi connectivity index (χ3v) is 2.88. The van der Waals surface area contributed by atoms with Gasteiger partial charge < -0.3 is 5.73 Å². The van der Waals surface area contributed by atoms with Crippen molar-refractivity contribution in [1.82, 2.24) is 9.78 Å². The highest BCUT2D eigenvalue weighted by Crippen LogP contribution is 2.27. The molecule has 1 heterocycles. The molecule has 3 nitrogen and oxygen atoms in total. The Morgan fingerprint density at radius 3 is 2.69 bits per heavy atom. The lowest BCUT2D eigenvalue weighted by atomic mass is 10.0. The number of rotatable bonds is 2. The normalized spacial score (nSPS) is 10.7. The molecular formula is C12H14ClN3. The number of hydrogen-bond acceptors (Lipinski definition) is 2. The molecule has 84 valence electrons. The number of halogens is 1. The molecule has 16 heavy (non-hydrogen) atoms. The van der Waals surface area contributed by atoms with Crippen molar-refractivity contribution in [3.8, 4) is 11.3 Å². The molecule has 1 aromatic carbocycles. The summed E-state index contributed by atoms with van der Waals surface area (Å²) in [5.41, 5.74) is 8.93. The second kappa shape index (κ2) is 4.18. The van der Waals surface area contributed by atoms with Crippen LogP contribution < -0.4 is 5.73 Å². The van der Waals surface area contributed by atoms with Gasteiger partial charge in [0.05, 0.1) is 5.69 Å². The summed E-state index contributed by atoms with van der Waals surface area (Å²) in [6.45, 7) is 2.11.